The lowest BCUT2D eigenvalue weighted by molar-refractivity contribution is 0.415. The van der Waals surface area contributed by atoms with E-state index in [2.05, 4.69) is 20.3 Å². The molecule has 9 heteroatoms. The molecule has 1 atom stereocenters. The zero-order chi connectivity index (χ0) is 20.6. The van der Waals surface area contributed by atoms with Gasteiger partial charge in [0.05, 0.1) is 44.3 Å². The fraction of sp³-hybridized carbons (Fsp3) is 0.100. The molecule has 0 amide bonds. The summed E-state index contributed by atoms with van der Waals surface area (Å²) in [5.74, 6) is 0.781. The number of nitrogens with zero attached hydrogens (tertiary/aromatic N) is 2. The maximum Gasteiger partial charge on any atom is 0.227 e. The molecule has 0 fully saturated rings. The lowest BCUT2D eigenvalue weighted by Crippen LogP contribution is -2.02. The summed E-state index contributed by atoms with van der Waals surface area (Å²) in [5, 5.41) is 4.56. The first-order valence-electron chi connectivity index (χ1n) is 8.64. The maximum atomic E-state index is 12.0. The number of ether oxygens (including phenoxy) is 1. The van der Waals surface area contributed by atoms with Gasteiger partial charge in [0.25, 0.3) is 0 Å². The lowest BCUT2D eigenvalue weighted by atomic mass is 10.1. The molecule has 148 valence electrons. The van der Waals surface area contributed by atoms with Crippen molar-refractivity contribution in [1.29, 1.82) is 4.78 Å². The molecule has 0 bridgehead atoms. The van der Waals surface area contributed by atoms with Gasteiger partial charge in [-0.25, -0.2) is 19.0 Å². The minimum Gasteiger partial charge on any atom is -0.495 e. The fourth-order valence-corrected chi connectivity index (χ4v) is 3.90. The zero-order valence-electron chi connectivity index (χ0n) is 15.7. The third kappa shape index (κ3) is 3.76. The van der Waals surface area contributed by atoms with Crippen molar-refractivity contribution in [3.05, 3.63) is 59.9 Å². The first-order valence-corrected chi connectivity index (χ1v) is 11.0. The van der Waals surface area contributed by atoms with Crippen molar-refractivity contribution in [3.8, 4) is 17.0 Å². The minimum atomic E-state index is -2.85. The Labute approximate surface area is 173 Å². The Bertz CT molecular complexity index is 1320. The van der Waals surface area contributed by atoms with Crippen molar-refractivity contribution in [2.24, 2.45) is 0 Å². The normalized spacial score (nSPS) is 13.2. The molecule has 1 unspecified atom stereocenters. The van der Waals surface area contributed by atoms with Gasteiger partial charge in [0.2, 0.25) is 5.95 Å². The lowest BCUT2D eigenvalue weighted by Gasteiger charge is -2.13. The zero-order valence-corrected chi connectivity index (χ0v) is 17.3. The molecule has 7 nitrogen and oxygen atoms in total. The summed E-state index contributed by atoms with van der Waals surface area (Å²) >= 11 is 6.39. The predicted molar refractivity (Wildman–Crippen MR) is 116 cm³/mol. The number of halogens is 1. The predicted octanol–water partition coefficient (Wildman–Crippen LogP) is 5.07. The van der Waals surface area contributed by atoms with E-state index < -0.39 is 9.73 Å². The van der Waals surface area contributed by atoms with Crippen LogP contribution in [-0.2, 0) is 9.73 Å². The largest absolute Gasteiger partial charge is 0.495 e. The summed E-state index contributed by atoms with van der Waals surface area (Å²) in [4.78, 5) is 12.4. The van der Waals surface area contributed by atoms with Crippen molar-refractivity contribution in [2.75, 3.05) is 18.7 Å². The smallest absolute Gasteiger partial charge is 0.227 e. The van der Waals surface area contributed by atoms with Gasteiger partial charge in [-0.3, -0.25) is 0 Å². The van der Waals surface area contributed by atoms with Crippen LogP contribution in [0.5, 0.6) is 5.75 Å². The minimum absolute atomic E-state index is 0.339. The second kappa shape index (κ2) is 7.38. The van der Waals surface area contributed by atoms with Crippen LogP contribution in [0.2, 0.25) is 5.02 Å². The fourth-order valence-electron chi connectivity index (χ4n) is 3.05. The maximum absolute atomic E-state index is 12.0. The van der Waals surface area contributed by atoms with Crippen LogP contribution >= 0.6 is 11.6 Å². The Balaban J connectivity index is 1.75. The summed E-state index contributed by atoms with van der Waals surface area (Å²) in [6.45, 7) is 0. The molecule has 4 rings (SSSR count). The Morgan fingerprint density at radius 3 is 2.83 bits per heavy atom. The molecule has 0 spiro atoms. The van der Waals surface area contributed by atoms with Crippen molar-refractivity contribution in [3.63, 3.8) is 0 Å². The van der Waals surface area contributed by atoms with E-state index >= 15 is 0 Å². The van der Waals surface area contributed by atoms with Crippen LogP contribution in [-0.4, -0.2) is 32.5 Å². The van der Waals surface area contributed by atoms with Gasteiger partial charge in [-0.15, -0.1) is 0 Å². The molecule has 29 heavy (non-hydrogen) atoms. The summed E-state index contributed by atoms with van der Waals surface area (Å²) in [6, 6.07) is 12.7. The van der Waals surface area contributed by atoms with Gasteiger partial charge in [0, 0.05) is 28.9 Å². The highest BCUT2D eigenvalue weighted by Gasteiger charge is 2.14. The van der Waals surface area contributed by atoms with Crippen LogP contribution in [0.15, 0.2) is 59.8 Å². The number of aromatic nitrogens is 3. The number of aromatic amines is 1. The number of hydrogen-bond donors (Lipinski definition) is 3. The molecule has 0 aliphatic heterocycles. The molecule has 2 aromatic carbocycles. The van der Waals surface area contributed by atoms with Gasteiger partial charge in [-0.2, -0.15) is 0 Å². The molecular formula is C20H18ClN5O2S. The summed E-state index contributed by atoms with van der Waals surface area (Å²) in [6.07, 6.45) is 4.78. The first-order chi connectivity index (χ1) is 13.9. The molecular weight excluding hydrogens is 410 g/mol. The van der Waals surface area contributed by atoms with E-state index in [0.717, 1.165) is 16.5 Å². The Morgan fingerprint density at radius 1 is 1.24 bits per heavy atom. The number of fused-ring (bicyclic) bond motifs is 1. The molecule has 0 aliphatic carbocycles. The highest BCUT2D eigenvalue weighted by molar-refractivity contribution is 7.91. The van der Waals surface area contributed by atoms with E-state index in [1.54, 1.807) is 24.4 Å². The number of rotatable bonds is 5. The number of methoxy groups -OCH3 is 1. The standard InChI is InChI=1S/C20H18ClN5O2S/c1-28-18-10-12(29(2,22)27)6-7-17(18)25-20-24-11-15(21)19(26-20)14-4-3-5-16-13(14)8-9-23-16/h3-11,22-23H,1-2H3,(H,24,25,26). The van der Waals surface area contributed by atoms with E-state index in [0.29, 0.717) is 33.0 Å². The summed E-state index contributed by atoms with van der Waals surface area (Å²) < 4.78 is 25.1. The Morgan fingerprint density at radius 2 is 2.07 bits per heavy atom. The Hall–Kier alpha value is -3.10. The summed E-state index contributed by atoms with van der Waals surface area (Å²) in [5.41, 5.74) is 3.07. The second-order valence-electron chi connectivity index (χ2n) is 6.47. The van der Waals surface area contributed by atoms with Gasteiger partial charge >= 0.3 is 0 Å². The first kappa shape index (κ1) is 19.2. The van der Waals surface area contributed by atoms with Gasteiger partial charge in [0.1, 0.15) is 5.75 Å². The number of H-pyrrole nitrogens is 1. The molecule has 0 saturated carbocycles. The SMILES string of the molecule is COc1cc(S(C)(=N)=O)ccc1Nc1ncc(Cl)c(-c2cccc3[nH]ccc23)n1. The van der Waals surface area contributed by atoms with Crippen LogP contribution in [0, 0.1) is 4.78 Å². The van der Waals surface area contributed by atoms with E-state index in [1.807, 2.05) is 30.5 Å². The number of benzene rings is 2. The third-order valence-electron chi connectivity index (χ3n) is 4.46. The van der Waals surface area contributed by atoms with Crippen LogP contribution < -0.4 is 10.1 Å². The average molecular weight is 428 g/mol. The molecule has 2 heterocycles. The quantitative estimate of drug-likeness (QED) is 0.412. The van der Waals surface area contributed by atoms with Gasteiger partial charge in [-0.1, -0.05) is 23.7 Å². The monoisotopic (exact) mass is 427 g/mol. The van der Waals surface area contributed by atoms with Crippen molar-refractivity contribution in [1.82, 2.24) is 15.0 Å². The van der Waals surface area contributed by atoms with Crippen molar-refractivity contribution in [2.45, 2.75) is 4.90 Å². The second-order valence-corrected chi connectivity index (χ2v) is 9.03. The van der Waals surface area contributed by atoms with Gasteiger partial charge < -0.3 is 15.0 Å². The molecule has 3 N–H and O–H groups in total. The van der Waals surface area contributed by atoms with Crippen LogP contribution in [0.3, 0.4) is 0 Å². The molecule has 0 aliphatic rings. The van der Waals surface area contributed by atoms with Crippen molar-refractivity contribution >= 4 is 43.9 Å². The van der Waals surface area contributed by atoms with Gasteiger partial charge in [0.15, 0.2) is 0 Å². The van der Waals surface area contributed by atoms with E-state index in [9.17, 15) is 4.21 Å². The molecule has 2 aromatic heterocycles. The van der Waals surface area contributed by atoms with Crippen LogP contribution in [0.1, 0.15) is 0 Å². The average Bonchev–Trinajstić information content (AvgIpc) is 3.18. The highest BCUT2D eigenvalue weighted by Crippen LogP contribution is 2.34. The topological polar surface area (TPSA) is 104 Å². The highest BCUT2D eigenvalue weighted by atomic mass is 35.5. The van der Waals surface area contributed by atoms with E-state index in [4.69, 9.17) is 21.1 Å². The third-order valence-corrected chi connectivity index (χ3v) is 5.89. The van der Waals surface area contributed by atoms with E-state index in [-0.39, 0.29) is 0 Å². The summed E-state index contributed by atoms with van der Waals surface area (Å²) in [7, 11) is -1.34. The Kier molecular flexibility index (Phi) is 4.89. The molecule has 0 radical (unpaired) electrons. The van der Waals surface area contributed by atoms with Crippen LogP contribution in [0.4, 0.5) is 11.6 Å². The van der Waals surface area contributed by atoms with Crippen molar-refractivity contribution < 1.29 is 8.95 Å². The molecule has 4 aromatic rings. The number of hydrogen-bond acceptors (Lipinski definition) is 6. The van der Waals surface area contributed by atoms with E-state index in [1.165, 1.54) is 13.4 Å². The number of anilines is 2. The van der Waals surface area contributed by atoms with Crippen LogP contribution in [0.25, 0.3) is 22.2 Å². The molecule has 0 saturated heterocycles. The van der Waals surface area contributed by atoms with Gasteiger partial charge in [-0.05, 0) is 30.3 Å². The number of nitrogens with one attached hydrogen (secondary N) is 3.